The average molecular weight is 297 g/mol. The summed E-state index contributed by atoms with van der Waals surface area (Å²) in [6.45, 7) is 15.0. The van der Waals surface area contributed by atoms with Crippen LogP contribution in [0.25, 0.3) is 0 Å². The molecule has 1 saturated heterocycles. The van der Waals surface area contributed by atoms with Gasteiger partial charge in [-0.2, -0.15) is 0 Å². The van der Waals surface area contributed by atoms with Crippen LogP contribution in [0.2, 0.25) is 0 Å². The first kappa shape index (κ1) is 18.4. The van der Waals surface area contributed by atoms with Crippen LogP contribution in [0.1, 0.15) is 60.3 Å². The van der Waals surface area contributed by atoms with Gasteiger partial charge in [-0.15, -0.1) is 0 Å². The Labute approximate surface area is 131 Å². The largest absolute Gasteiger partial charge is 0.351 e. The van der Waals surface area contributed by atoms with Gasteiger partial charge in [-0.25, -0.2) is 0 Å². The van der Waals surface area contributed by atoms with Crippen LogP contribution in [-0.2, 0) is 4.79 Å². The lowest BCUT2D eigenvalue weighted by Crippen LogP contribution is -2.44. The molecule has 1 aliphatic heterocycles. The first-order valence-electron chi connectivity index (χ1n) is 8.58. The van der Waals surface area contributed by atoms with Crippen molar-refractivity contribution in [2.45, 2.75) is 71.9 Å². The van der Waals surface area contributed by atoms with Crippen molar-refractivity contribution < 1.29 is 4.79 Å². The van der Waals surface area contributed by atoms with E-state index in [1.807, 2.05) is 20.8 Å². The molecule has 0 bridgehead atoms. The number of hydrogen-bond donors (Lipinski definition) is 2. The summed E-state index contributed by atoms with van der Waals surface area (Å²) in [4.78, 5) is 14.3. The Morgan fingerprint density at radius 2 is 1.90 bits per heavy atom. The lowest BCUT2D eigenvalue weighted by Gasteiger charge is -2.35. The fraction of sp³-hybridized carbons (Fsp3) is 0.941. The number of hydrogen-bond acceptors (Lipinski definition) is 3. The van der Waals surface area contributed by atoms with Gasteiger partial charge in [0.05, 0.1) is 0 Å². The van der Waals surface area contributed by atoms with E-state index in [0.29, 0.717) is 12.5 Å². The standard InChI is InChI=1S/C17H35N3O/c1-6-11-20-12-8-15(9-13-20)14(2)18-10-7-16(21)19-17(3,4)5/h14-15,18H,6-13H2,1-5H3,(H,19,21). The van der Waals surface area contributed by atoms with E-state index in [1.165, 1.54) is 38.9 Å². The van der Waals surface area contributed by atoms with E-state index in [4.69, 9.17) is 0 Å². The third kappa shape index (κ3) is 7.82. The third-order valence-electron chi connectivity index (χ3n) is 4.21. The molecule has 0 spiro atoms. The minimum atomic E-state index is -0.130. The molecule has 0 saturated carbocycles. The maximum absolute atomic E-state index is 11.8. The molecule has 124 valence electrons. The van der Waals surface area contributed by atoms with Crippen LogP contribution in [-0.4, -0.2) is 48.6 Å². The molecule has 1 unspecified atom stereocenters. The summed E-state index contributed by atoms with van der Waals surface area (Å²) >= 11 is 0. The normalized spacial score (nSPS) is 19.5. The first-order chi connectivity index (χ1) is 9.81. The van der Waals surface area contributed by atoms with Gasteiger partial charge >= 0.3 is 0 Å². The topological polar surface area (TPSA) is 44.4 Å². The summed E-state index contributed by atoms with van der Waals surface area (Å²) in [6, 6.07) is 0.510. The van der Waals surface area contributed by atoms with Crippen molar-refractivity contribution in [1.82, 2.24) is 15.5 Å². The van der Waals surface area contributed by atoms with Crippen LogP contribution in [0.4, 0.5) is 0 Å². The van der Waals surface area contributed by atoms with E-state index < -0.39 is 0 Å². The van der Waals surface area contributed by atoms with Crippen molar-refractivity contribution in [1.29, 1.82) is 0 Å². The van der Waals surface area contributed by atoms with Gasteiger partial charge in [0.25, 0.3) is 0 Å². The molecule has 4 nitrogen and oxygen atoms in total. The van der Waals surface area contributed by atoms with Gasteiger partial charge in [-0.05, 0) is 72.5 Å². The molecule has 0 aromatic rings. The Morgan fingerprint density at radius 3 is 2.43 bits per heavy atom. The van der Waals surface area contributed by atoms with Crippen molar-refractivity contribution in [2.24, 2.45) is 5.92 Å². The highest BCUT2D eigenvalue weighted by Crippen LogP contribution is 2.20. The minimum absolute atomic E-state index is 0.130. The number of nitrogens with zero attached hydrogens (tertiary/aromatic N) is 1. The second-order valence-electron chi connectivity index (χ2n) is 7.47. The summed E-state index contributed by atoms with van der Waals surface area (Å²) in [5.74, 6) is 0.892. The summed E-state index contributed by atoms with van der Waals surface area (Å²) in [5, 5.41) is 6.54. The lowest BCUT2D eigenvalue weighted by molar-refractivity contribution is -0.122. The number of carbonyl (C=O) groups is 1. The summed E-state index contributed by atoms with van der Waals surface area (Å²) in [6.07, 6.45) is 4.38. The van der Waals surface area contributed by atoms with Crippen molar-refractivity contribution in [3.8, 4) is 0 Å². The van der Waals surface area contributed by atoms with Gasteiger partial charge in [-0.1, -0.05) is 6.92 Å². The molecule has 4 heteroatoms. The predicted octanol–water partition coefficient (Wildman–Crippen LogP) is 2.39. The predicted molar refractivity (Wildman–Crippen MR) is 89.4 cm³/mol. The van der Waals surface area contributed by atoms with Crippen LogP contribution in [0.5, 0.6) is 0 Å². The zero-order valence-electron chi connectivity index (χ0n) is 14.7. The number of likely N-dealkylation sites (tertiary alicyclic amines) is 1. The highest BCUT2D eigenvalue weighted by molar-refractivity contribution is 5.76. The number of carbonyl (C=O) groups excluding carboxylic acids is 1. The van der Waals surface area contributed by atoms with E-state index in [0.717, 1.165) is 12.5 Å². The molecule has 0 aromatic heterocycles. The van der Waals surface area contributed by atoms with E-state index in [2.05, 4.69) is 29.4 Å². The Hall–Kier alpha value is -0.610. The fourth-order valence-corrected chi connectivity index (χ4v) is 3.05. The van der Waals surface area contributed by atoms with Gasteiger partial charge < -0.3 is 15.5 Å². The molecule has 1 heterocycles. The second-order valence-corrected chi connectivity index (χ2v) is 7.47. The van der Waals surface area contributed by atoms with Gasteiger partial charge in [0, 0.05) is 24.5 Å². The lowest BCUT2D eigenvalue weighted by atomic mass is 9.90. The highest BCUT2D eigenvalue weighted by Gasteiger charge is 2.23. The Balaban J connectivity index is 2.17. The fourth-order valence-electron chi connectivity index (χ4n) is 3.05. The van der Waals surface area contributed by atoms with Crippen LogP contribution in [0.3, 0.4) is 0 Å². The molecule has 1 amide bonds. The molecule has 1 aliphatic rings. The highest BCUT2D eigenvalue weighted by atomic mass is 16.1. The molecule has 1 atom stereocenters. The summed E-state index contributed by atoms with van der Waals surface area (Å²) in [7, 11) is 0. The summed E-state index contributed by atoms with van der Waals surface area (Å²) in [5.41, 5.74) is -0.130. The smallest absolute Gasteiger partial charge is 0.221 e. The maximum Gasteiger partial charge on any atom is 0.221 e. The minimum Gasteiger partial charge on any atom is -0.351 e. The Bertz CT molecular complexity index is 304. The van der Waals surface area contributed by atoms with Gasteiger partial charge in [-0.3, -0.25) is 4.79 Å². The first-order valence-corrected chi connectivity index (χ1v) is 8.58. The number of amides is 1. The van der Waals surface area contributed by atoms with Gasteiger partial charge in [0.15, 0.2) is 0 Å². The molecule has 2 N–H and O–H groups in total. The Kier molecular flexibility index (Phi) is 7.67. The van der Waals surface area contributed by atoms with E-state index in [-0.39, 0.29) is 11.4 Å². The molecular formula is C17H35N3O. The number of piperidine rings is 1. The van der Waals surface area contributed by atoms with Crippen molar-refractivity contribution in [2.75, 3.05) is 26.2 Å². The number of nitrogens with one attached hydrogen (secondary N) is 2. The van der Waals surface area contributed by atoms with Crippen LogP contribution >= 0.6 is 0 Å². The van der Waals surface area contributed by atoms with Crippen LogP contribution in [0, 0.1) is 5.92 Å². The molecule has 0 aromatic carbocycles. The van der Waals surface area contributed by atoms with Crippen LogP contribution < -0.4 is 10.6 Å². The van der Waals surface area contributed by atoms with E-state index in [9.17, 15) is 4.79 Å². The van der Waals surface area contributed by atoms with Gasteiger partial charge in [0.2, 0.25) is 5.91 Å². The van der Waals surface area contributed by atoms with E-state index in [1.54, 1.807) is 0 Å². The molecular weight excluding hydrogens is 262 g/mol. The van der Waals surface area contributed by atoms with Crippen molar-refractivity contribution in [3.05, 3.63) is 0 Å². The zero-order chi connectivity index (χ0) is 15.9. The van der Waals surface area contributed by atoms with E-state index >= 15 is 0 Å². The van der Waals surface area contributed by atoms with Gasteiger partial charge in [0.1, 0.15) is 0 Å². The monoisotopic (exact) mass is 297 g/mol. The number of rotatable bonds is 7. The average Bonchev–Trinajstić information content (AvgIpc) is 2.37. The molecule has 1 fully saturated rings. The molecule has 0 radical (unpaired) electrons. The third-order valence-corrected chi connectivity index (χ3v) is 4.21. The quantitative estimate of drug-likeness (QED) is 0.758. The SMILES string of the molecule is CCCN1CCC(C(C)NCCC(=O)NC(C)(C)C)CC1. The molecule has 21 heavy (non-hydrogen) atoms. The molecule has 1 rings (SSSR count). The van der Waals surface area contributed by atoms with Crippen molar-refractivity contribution >= 4 is 5.91 Å². The van der Waals surface area contributed by atoms with Crippen molar-refractivity contribution in [3.63, 3.8) is 0 Å². The van der Waals surface area contributed by atoms with Crippen LogP contribution in [0.15, 0.2) is 0 Å². The maximum atomic E-state index is 11.8. The summed E-state index contributed by atoms with van der Waals surface area (Å²) < 4.78 is 0. The Morgan fingerprint density at radius 1 is 1.29 bits per heavy atom. The molecule has 0 aliphatic carbocycles. The second kappa shape index (κ2) is 8.74. The zero-order valence-corrected chi connectivity index (χ0v) is 14.7.